The Bertz CT molecular complexity index is 1770. The van der Waals surface area contributed by atoms with Gasteiger partial charge < -0.3 is 19.9 Å². The minimum atomic E-state index is -0.130. The Morgan fingerprint density at radius 3 is 2.53 bits per heavy atom. The van der Waals surface area contributed by atoms with Gasteiger partial charge in [-0.2, -0.15) is 5.10 Å². The minimum Gasteiger partial charge on any atom is -0.494 e. The third-order valence-electron chi connectivity index (χ3n) is 9.59. The first kappa shape index (κ1) is 32.1. The van der Waals surface area contributed by atoms with Crippen LogP contribution in [0.3, 0.4) is 0 Å². The van der Waals surface area contributed by atoms with Crippen molar-refractivity contribution < 1.29 is 9.53 Å². The van der Waals surface area contributed by atoms with Gasteiger partial charge in [-0.3, -0.25) is 14.5 Å². The molecule has 47 heavy (non-hydrogen) atoms. The first-order valence-corrected chi connectivity index (χ1v) is 16.4. The largest absolute Gasteiger partial charge is 0.494 e. The number of allylic oxidation sites excluding steroid dienone is 2. The number of aliphatic imine (C=N–C) groups is 3. The Kier molecular flexibility index (Phi) is 9.47. The summed E-state index contributed by atoms with van der Waals surface area (Å²) in [6.07, 6.45) is 8.67. The molecule has 0 bridgehead atoms. The number of aryl methyl sites for hydroxylation is 2. The number of nitrogens with zero attached hydrogens (tertiary/aromatic N) is 7. The summed E-state index contributed by atoms with van der Waals surface area (Å²) in [5, 5.41) is 12.8. The number of amides is 1. The van der Waals surface area contributed by atoms with Crippen molar-refractivity contribution >= 4 is 47.3 Å². The minimum absolute atomic E-state index is 0.127. The van der Waals surface area contributed by atoms with Gasteiger partial charge in [0.2, 0.25) is 5.91 Å². The van der Waals surface area contributed by atoms with Gasteiger partial charge in [0, 0.05) is 95.1 Å². The standard InChI is InChI=1S/C37H44N8O2/c1-24-6-15-34(41-31-14-12-30(20-33(31)47-5)45-18-16-44(17-19-45)25(2)46)40-23-28-11-13-32-36(35(24)28)37(43(4)42-32)27-9-7-26(8-10-27)29(21-38)22-39-3/h7-10,12,14,20-24,29,38H,6,11,13,15-19H2,1-5H3. The van der Waals surface area contributed by atoms with E-state index in [-0.39, 0.29) is 11.8 Å². The van der Waals surface area contributed by atoms with Gasteiger partial charge >= 0.3 is 0 Å². The number of anilines is 1. The van der Waals surface area contributed by atoms with E-state index in [1.54, 1.807) is 27.3 Å². The van der Waals surface area contributed by atoms with Crippen molar-refractivity contribution in [1.82, 2.24) is 14.7 Å². The van der Waals surface area contributed by atoms with E-state index in [4.69, 9.17) is 25.2 Å². The Morgan fingerprint density at radius 2 is 1.85 bits per heavy atom. The molecule has 1 fully saturated rings. The normalized spacial score (nSPS) is 19.8. The van der Waals surface area contributed by atoms with Crippen LogP contribution in [0.15, 0.2) is 63.0 Å². The van der Waals surface area contributed by atoms with E-state index in [1.807, 2.05) is 35.0 Å². The van der Waals surface area contributed by atoms with E-state index < -0.39 is 0 Å². The highest BCUT2D eigenvalue weighted by Gasteiger charge is 2.30. The predicted octanol–water partition coefficient (Wildman–Crippen LogP) is 6.13. The lowest BCUT2D eigenvalue weighted by Crippen LogP contribution is -2.48. The van der Waals surface area contributed by atoms with Crippen molar-refractivity contribution in [3.63, 3.8) is 0 Å². The topological polar surface area (TPSA) is 112 Å². The molecule has 244 valence electrons. The number of carbonyl (C=O) groups excluding carboxylic acids is 1. The number of ether oxygens (including phenoxy) is 1. The fourth-order valence-corrected chi connectivity index (χ4v) is 7.03. The lowest BCUT2D eigenvalue weighted by Gasteiger charge is -2.35. The Balaban J connectivity index is 1.28. The highest BCUT2D eigenvalue weighted by molar-refractivity contribution is 6.03. The van der Waals surface area contributed by atoms with E-state index in [2.05, 4.69) is 47.1 Å². The summed E-state index contributed by atoms with van der Waals surface area (Å²) in [7, 11) is 5.45. The second-order valence-corrected chi connectivity index (χ2v) is 12.5. The molecule has 1 saturated heterocycles. The molecule has 1 amide bonds. The van der Waals surface area contributed by atoms with Crippen LogP contribution < -0.4 is 9.64 Å². The molecule has 1 aromatic heterocycles. The van der Waals surface area contributed by atoms with Gasteiger partial charge in [-0.1, -0.05) is 31.2 Å². The molecular formula is C37H44N8O2. The number of hydrogen-bond acceptors (Lipinski definition) is 7. The summed E-state index contributed by atoms with van der Waals surface area (Å²) in [4.78, 5) is 30.0. The van der Waals surface area contributed by atoms with Crippen molar-refractivity contribution in [2.24, 2.45) is 27.9 Å². The maximum absolute atomic E-state index is 11.8. The van der Waals surface area contributed by atoms with Crippen LogP contribution in [0.5, 0.6) is 5.75 Å². The number of rotatable bonds is 7. The first-order chi connectivity index (χ1) is 22.8. The average Bonchev–Trinajstić information content (AvgIpc) is 3.42. The second kappa shape index (κ2) is 13.9. The first-order valence-electron chi connectivity index (χ1n) is 16.4. The van der Waals surface area contributed by atoms with Crippen molar-refractivity contribution in [1.29, 1.82) is 5.41 Å². The molecule has 10 heteroatoms. The lowest BCUT2D eigenvalue weighted by molar-refractivity contribution is -0.129. The van der Waals surface area contributed by atoms with Crippen LogP contribution in [0, 0.1) is 11.3 Å². The third-order valence-corrected chi connectivity index (χ3v) is 9.59. The van der Waals surface area contributed by atoms with Crippen molar-refractivity contribution in [2.45, 2.75) is 45.4 Å². The van der Waals surface area contributed by atoms with E-state index >= 15 is 0 Å². The number of amidine groups is 1. The van der Waals surface area contributed by atoms with Crippen LogP contribution in [0.25, 0.3) is 16.8 Å². The van der Waals surface area contributed by atoms with Crippen molar-refractivity contribution in [2.75, 3.05) is 45.2 Å². The van der Waals surface area contributed by atoms with Gasteiger partial charge in [0.1, 0.15) is 17.3 Å². The fraction of sp³-hybridized carbons (Fsp3) is 0.405. The summed E-state index contributed by atoms with van der Waals surface area (Å²) in [6, 6.07) is 14.6. The van der Waals surface area contributed by atoms with Gasteiger partial charge in [0.05, 0.1) is 24.4 Å². The Labute approximate surface area is 277 Å². The summed E-state index contributed by atoms with van der Waals surface area (Å²) < 4.78 is 7.81. The lowest BCUT2D eigenvalue weighted by atomic mass is 9.79. The molecule has 2 atom stereocenters. The van der Waals surface area contributed by atoms with Crippen LogP contribution in [0.1, 0.15) is 55.8 Å². The molecule has 1 N–H and O–H groups in total. The second-order valence-electron chi connectivity index (χ2n) is 12.5. The van der Waals surface area contributed by atoms with Crippen LogP contribution in [-0.2, 0) is 18.3 Å². The number of carbonyl (C=O) groups is 1. The molecule has 3 aliphatic rings. The zero-order valence-corrected chi connectivity index (χ0v) is 28.0. The summed E-state index contributed by atoms with van der Waals surface area (Å²) in [6.45, 7) is 6.97. The number of methoxy groups -OCH3 is 1. The molecule has 10 nitrogen and oxygen atoms in total. The number of fused-ring (bicyclic) bond motifs is 2. The van der Waals surface area contributed by atoms with Gasteiger partial charge in [0.15, 0.2) is 0 Å². The number of nitrogens with one attached hydrogen (secondary N) is 1. The van der Waals surface area contributed by atoms with Gasteiger partial charge in [-0.05, 0) is 54.0 Å². The molecule has 0 radical (unpaired) electrons. The van der Waals surface area contributed by atoms with E-state index in [0.717, 1.165) is 97.3 Å². The summed E-state index contributed by atoms with van der Waals surface area (Å²) >= 11 is 0. The maximum atomic E-state index is 11.8. The molecule has 3 heterocycles. The van der Waals surface area contributed by atoms with Crippen molar-refractivity contribution in [3.8, 4) is 17.0 Å². The number of aromatic nitrogens is 2. The zero-order chi connectivity index (χ0) is 33.1. The van der Waals surface area contributed by atoms with Gasteiger partial charge in [-0.15, -0.1) is 0 Å². The molecule has 2 aliphatic heterocycles. The van der Waals surface area contributed by atoms with E-state index in [0.29, 0.717) is 5.92 Å². The number of piperazine rings is 1. The van der Waals surface area contributed by atoms with E-state index in [1.165, 1.54) is 22.9 Å². The predicted molar refractivity (Wildman–Crippen MR) is 191 cm³/mol. The number of hydrogen-bond donors (Lipinski definition) is 1. The fourth-order valence-electron chi connectivity index (χ4n) is 7.03. The van der Waals surface area contributed by atoms with Crippen LogP contribution in [0.2, 0.25) is 0 Å². The maximum Gasteiger partial charge on any atom is 0.219 e. The van der Waals surface area contributed by atoms with Crippen LogP contribution in [0.4, 0.5) is 11.4 Å². The molecular weight excluding hydrogens is 588 g/mol. The molecule has 3 aromatic rings. The molecule has 1 aliphatic carbocycles. The molecule has 0 spiro atoms. The monoisotopic (exact) mass is 632 g/mol. The smallest absolute Gasteiger partial charge is 0.219 e. The van der Waals surface area contributed by atoms with Gasteiger partial charge in [0.25, 0.3) is 0 Å². The molecule has 2 aromatic carbocycles. The van der Waals surface area contributed by atoms with E-state index in [9.17, 15) is 4.79 Å². The molecule has 2 unspecified atom stereocenters. The van der Waals surface area contributed by atoms with Gasteiger partial charge in [-0.25, -0.2) is 9.98 Å². The Hall–Kier alpha value is -4.86. The third kappa shape index (κ3) is 6.54. The quantitative estimate of drug-likeness (QED) is 0.316. The molecule has 0 saturated carbocycles. The molecule has 6 rings (SSSR count). The summed E-state index contributed by atoms with van der Waals surface area (Å²) in [5.74, 6) is 1.81. The number of benzene rings is 2. The SMILES string of the molecule is CN=CC(C=N)c1ccc(-c2c3c(nn2C)CCC2=C3C(C)CCC(=Nc3ccc(N4CCN(C(C)=O)CC4)cc3OC)N=C2)cc1. The van der Waals surface area contributed by atoms with Crippen LogP contribution in [-0.4, -0.2) is 85.4 Å². The average molecular weight is 633 g/mol. The Morgan fingerprint density at radius 1 is 1.09 bits per heavy atom. The van der Waals surface area contributed by atoms with Crippen LogP contribution >= 0.6 is 0 Å². The van der Waals surface area contributed by atoms with Crippen molar-refractivity contribution in [3.05, 3.63) is 64.9 Å². The highest BCUT2D eigenvalue weighted by atomic mass is 16.5. The zero-order valence-electron chi connectivity index (χ0n) is 28.0. The highest BCUT2D eigenvalue weighted by Crippen LogP contribution is 2.43. The summed E-state index contributed by atoms with van der Waals surface area (Å²) in [5.41, 5.74) is 10.1.